The average Bonchev–Trinajstić information content (AvgIpc) is 2.46. The van der Waals surface area contributed by atoms with E-state index in [2.05, 4.69) is 6.92 Å². The molecule has 19 heavy (non-hydrogen) atoms. The van der Waals surface area contributed by atoms with Crippen molar-refractivity contribution in [2.24, 2.45) is 0 Å². The van der Waals surface area contributed by atoms with Crippen LogP contribution in [0.3, 0.4) is 0 Å². The Morgan fingerprint density at radius 3 is 2.26 bits per heavy atom. The summed E-state index contributed by atoms with van der Waals surface area (Å²) in [5.74, 6) is 1.03. The minimum Gasteiger partial charge on any atom is -0.493 e. The van der Waals surface area contributed by atoms with Crippen LogP contribution in [-0.4, -0.2) is 13.5 Å². The van der Waals surface area contributed by atoms with Gasteiger partial charge in [-0.2, -0.15) is 0 Å². The highest BCUT2D eigenvalue weighted by Crippen LogP contribution is 2.27. The number of nitrogens with zero attached hydrogens (tertiary/aromatic N) is 1. The Labute approximate surface area is 112 Å². The molecule has 0 saturated heterocycles. The molecule has 2 rings (SSSR count). The van der Waals surface area contributed by atoms with Crippen molar-refractivity contribution in [3.8, 4) is 11.5 Å². The number of hydroxylamine groups is 1. The Morgan fingerprint density at radius 2 is 1.68 bits per heavy atom. The highest BCUT2D eigenvalue weighted by molar-refractivity contribution is 5.73. The van der Waals surface area contributed by atoms with Gasteiger partial charge < -0.3 is 9.57 Å². The number of para-hydroxylation sites is 2. The fourth-order valence-electron chi connectivity index (χ4n) is 1.58. The fraction of sp³-hybridized carbons (Fsp3) is 0.0667. The minimum absolute atomic E-state index is 0.468. The summed E-state index contributed by atoms with van der Waals surface area (Å²) >= 11 is 0. The lowest BCUT2D eigenvalue weighted by molar-refractivity contribution is -0.111. The van der Waals surface area contributed by atoms with E-state index in [1.165, 1.54) is 0 Å². The zero-order valence-corrected chi connectivity index (χ0v) is 10.6. The topological polar surface area (TPSA) is 38.8 Å². The zero-order valence-electron chi connectivity index (χ0n) is 10.6. The molecule has 2 aromatic rings. The van der Waals surface area contributed by atoms with Gasteiger partial charge in [-0.05, 0) is 36.8 Å². The molecule has 0 atom stereocenters. The van der Waals surface area contributed by atoms with Crippen LogP contribution in [0.15, 0.2) is 48.5 Å². The Morgan fingerprint density at radius 1 is 1.05 bits per heavy atom. The number of rotatable bonds is 5. The standard InChI is InChI=1S/C15H14NO3/c1-12-7-9-13(10-8-12)16(11-17)19-15-6-4-3-5-14(15)18-2/h3-11H,1H2,2H3. The summed E-state index contributed by atoms with van der Waals surface area (Å²) in [6, 6.07) is 14.2. The lowest BCUT2D eigenvalue weighted by atomic mass is 10.2. The van der Waals surface area contributed by atoms with E-state index >= 15 is 0 Å². The molecule has 0 aliphatic carbocycles. The van der Waals surface area contributed by atoms with Crippen LogP contribution in [0.25, 0.3) is 0 Å². The van der Waals surface area contributed by atoms with E-state index in [-0.39, 0.29) is 0 Å². The second-order valence-corrected chi connectivity index (χ2v) is 3.84. The number of ether oxygens (including phenoxy) is 1. The van der Waals surface area contributed by atoms with E-state index in [4.69, 9.17) is 9.57 Å². The molecule has 0 spiro atoms. The van der Waals surface area contributed by atoms with Crippen molar-refractivity contribution in [1.29, 1.82) is 0 Å². The molecule has 0 fully saturated rings. The van der Waals surface area contributed by atoms with Crippen molar-refractivity contribution in [1.82, 2.24) is 0 Å². The van der Waals surface area contributed by atoms with E-state index in [0.717, 1.165) is 10.6 Å². The van der Waals surface area contributed by atoms with E-state index in [0.29, 0.717) is 23.6 Å². The fourth-order valence-corrected chi connectivity index (χ4v) is 1.58. The van der Waals surface area contributed by atoms with Crippen LogP contribution in [0, 0.1) is 6.92 Å². The monoisotopic (exact) mass is 256 g/mol. The summed E-state index contributed by atoms with van der Waals surface area (Å²) in [4.78, 5) is 16.7. The third-order valence-corrected chi connectivity index (χ3v) is 2.55. The van der Waals surface area contributed by atoms with Gasteiger partial charge in [0.15, 0.2) is 11.5 Å². The van der Waals surface area contributed by atoms with Crippen LogP contribution in [0.5, 0.6) is 11.5 Å². The molecule has 0 unspecified atom stereocenters. The average molecular weight is 256 g/mol. The van der Waals surface area contributed by atoms with E-state index < -0.39 is 0 Å². The molecule has 0 aliphatic heterocycles. The zero-order chi connectivity index (χ0) is 13.7. The summed E-state index contributed by atoms with van der Waals surface area (Å²) in [6.45, 7) is 3.79. The van der Waals surface area contributed by atoms with Gasteiger partial charge in [0.05, 0.1) is 12.8 Å². The van der Waals surface area contributed by atoms with Crippen LogP contribution >= 0.6 is 0 Å². The van der Waals surface area contributed by atoms with Crippen molar-refractivity contribution in [2.45, 2.75) is 0 Å². The number of benzene rings is 2. The summed E-state index contributed by atoms with van der Waals surface area (Å²) in [6.07, 6.45) is 0.602. The smallest absolute Gasteiger partial charge is 0.247 e. The highest BCUT2D eigenvalue weighted by Gasteiger charge is 2.10. The molecule has 1 amide bonds. The van der Waals surface area contributed by atoms with E-state index in [1.807, 2.05) is 6.07 Å². The largest absolute Gasteiger partial charge is 0.493 e. The second-order valence-electron chi connectivity index (χ2n) is 3.84. The van der Waals surface area contributed by atoms with Crippen molar-refractivity contribution < 1.29 is 14.4 Å². The van der Waals surface area contributed by atoms with Crippen molar-refractivity contribution in [3.63, 3.8) is 0 Å². The van der Waals surface area contributed by atoms with Crippen molar-refractivity contribution in [2.75, 3.05) is 12.2 Å². The summed E-state index contributed by atoms with van der Waals surface area (Å²) < 4.78 is 5.17. The quantitative estimate of drug-likeness (QED) is 0.610. The molecular formula is C15H14NO3. The number of anilines is 1. The van der Waals surface area contributed by atoms with Gasteiger partial charge in [0, 0.05) is 0 Å². The first-order valence-corrected chi connectivity index (χ1v) is 5.72. The molecule has 0 bridgehead atoms. The van der Waals surface area contributed by atoms with E-state index in [1.54, 1.807) is 49.6 Å². The molecule has 97 valence electrons. The number of carbonyl (C=O) groups is 1. The van der Waals surface area contributed by atoms with Crippen LogP contribution in [-0.2, 0) is 4.79 Å². The van der Waals surface area contributed by atoms with Crippen LogP contribution in [0.2, 0.25) is 0 Å². The van der Waals surface area contributed by atoms with Crippen LogP contribution in [0.4, 0.5) is 5.69 Å². The molecule has 0 aliphatic rings. The Balaban J connectivity index is 2.24. The second kappa shape index (κ2) is 5.91. The number of amides is 1. The number of carbonyl (C=O) groups excluding carboxylic acids is 1. The van der Waals surface area contributed by atoms with Gasteiger partial charge in [0.25, 0.3) is 0 Å². The maximum Gasteiger partial charge on any atom is 0.247 e. The minimum atomic E-state index is 0.468. The van der Waals surface area contributed by atoms with Crippen LogP contribution < -0.4 is 14.6 Å². The summed E-state index contributed by atoms with van der Waals surface area (Å²) in [7, 11) is 1.55. The Bertz CT molecular complexity index is 552. The summed E-state index contributed by atoms with van der Waals surface area (Å²) in [5, 5.41) is 1.14. The molecule has 0 N–H and O–H groups in total. The first kappa shape index (κ1) is 13.0. The SMILES string of the molecule is [CH2]c1ccc(N(C=O)Oc2ccccc2OC)cc1. The normalized spacial score (nSPS) is 9.79. The maximum absolute atomic E-state index is 11.1. The predicted octanol–water partition coefficient (Wildman–Crippen LogP) is 2.83. The number of hydrogen-bond acceptors (Lipinski definition) is 3. The molecule has 0 aromatic heterocycles. The third kappa shape index (κ3) is 3.04. The molecule has 4 heteroatoms. The van der Waals surface area contributed by atoms with Gasteiger partial charge in [-0.3, -0.25) is 4.79 Å². The van der Waals surface area contributed by atoms with Gasteiger partial charge in [0.2, 0.25) is 6.41 Å². The van der Waals surface area contributed by atoms with Gasteiger partial charge in [-0.25, -0.2) is 0 Å². The molecular weight excluding hydrogens is 242 g/mol. The van der Waals surface area contributed by atoms with Crippen LogP contribution in [0.1, 0.15) is 5.56 Å². The van der Waals surface area contributed by atoms with Gasteiger partial charge in [0.1, 0.15) is 0 Å². The first-order valence-electron chi connectivity index (χ1n) is 5.72. The highest BCUT2D eigenvalue weighted by atomic mass is 16.7. The van der Waals surface area contributed by atoms with E-state index in [9.17, 15) is 4.79 Å². The Hall–Kier alpha value is -2.49. The molecule has 2 aromatic carbocycles. The lowest BCUT2D eigenvalue weighted by Gasteiger charge is -2.19. The number of methoxy groups -OCH3 is 1. The van der Waals surface area contributed by atoms with Crippen molar-refractivity contribution >= 4 is 12.1 Å². The first-order chi connectivity index (χ1) is 9.24. The molecule has 0 heterocycles. The molecule has 4 nitrogen and oxygen atoms in total. The predicted molar refractivity (Wildman–Crippen MR) is 73.1 cm³/mol. The van der Waals surface area contributed by atoms with Gasteiger partial charge >= 0.3 is 0 Å². The maximum atomic E-state index is 11.1. The summed E-state index contributed by atoms with van der Waals surface area (Å²) in [5.41, 5.74) is 1.49. The van der Waals surface area contributed by atoms with Gasteiger partial charge in [-0.1, -0.05) is 24.3 Å². The van der Waals surface area contributed by atoms with Gasteiger partial charge in [-0.15, -0.1) is 5.06 Å². The lowest BCUT2D eigenvalue weighted by Crippen LogP contribution is -2.25. The number of hydrogen-bond donors (Lipinski definition) is 0. The van der Waals surface area contributed by atoms with Crippen molar-refractivity contribution in [3.05, 3.63) is 61.0 Å². The molecule has 0 saturated carbocycles. The Kier molecular flexibility index (Phi) is 4.03. The molecule has 1 radical (unpaired) electrons. The third-order valence-electron chi connectivity index (χ3n) is 2.55.